The van der Waals surface area contributed by atoms with Gasteiger partial charge in [-0.15, -0.1) is 0 Å². The van der Waals surface area contributed by atoms with Crippen molar-refractivity contribution in [3.63, 3.8) is 0 Å². The first kappa shape index (κ1) is 27.7. The Kier molecular flexibility index (Phi) is 6.87. The molecule has 208 valence electrons. The summed E-state index contributed by atoms with van der Waals surface area (Å²) in [6, 6.07) is 34.3. The molecule has 0 N–H and O–H groups in total. The van der Waals surface area contributed by atoms with Crippen LogP contribution in [-0.2, 0) is 0 Å². The van der Waals surface area contributed by atoms with Crippen molar-refractivity contribution in [1.82, 2.24) is 0 Å². The van der Waals surface area contributed by atoms with E-state index in [2.05, 4.69) is 144 Å². The molecule has 1 nitrogen and oxygen atoms in total. The highest BCUT2D eigenvalue weighted by atomic mass is 28.3. The smallest absolute Gasteiger partial charge is 0.156 e. The van der Waals surface area contributed by atoms with E-state index in [0.717, 1.165) is 12.2 Å². The fourth-order valence-electron chi connectivity index (χ4n) is 7.27. The Morgan fingerprint density at radius 3 is 1.88 bits per heavy atom. The standard InChI is InChI=1S/C38H42OSi2/c1-27-24-28(38(2,3)4)25-36(27)41(29-16-10-8-11-17-29,30-18-12-9-13-19-30)37-31-20-14-22-35(40(5,6)7)32(31)26-33(37)34-21-15-23-39-34/h8-24,26,37H,25H2,1-7H3. The van der Waals surface area contributed by atoms with E-state index in [1.807, 2.05) is 12.3 Å². The van der Waals surface area contributed by atoms with Gasteiger partial charge in [0.25, 0.3) is 0 Å². The summed E-state index contributed by atoms with van der Waals surface area (Å²) in [7, 11) is -4.32. The normalized spacial score (nSPS) is 17.5. The molecule has 2 aliphatic rings. The number of hydrogen-bond donors (Lipinski definition) is 0. The summed E-state index contributed by atoms with van der Waals surface area (Å²) in [5, 5.41) is 6.11. The largest absolute Gasteiger partial charge is 0.465 e. The molecule has 6 rings (SSSR count). The third kappa shape index (κ3) is 4.60. The summed E-state index contributed by atoms with van der Waals surface area (Å²) in [6.07, 6.45) is 7.87. The lowest BCUT2D eigenvalue weighted by Gasteiger charge is -2.43. The summed E-state index contributed by atoms with van der Waals surface area (Å²) >= 11 is 0. The lowest BCUT2D eigenvalue weighted by molar-refractivity contribution is 0.495. The molecule has 0 radical (unpaired) electrons. The van der Waals surface area contributed by atoms with Crippen LogP contribution in [0.5, 0.6) is 0 Å². The zero-order valence-electron chi connectivity index (χ0n) is 25.6. The van der Waals surface area contributed by atoms with Crippen molar-refractivity contribution in [3.8, 4) is 0 Å². The third-order valence-corrected chi connectivity index (χ3v) is 16.8. The van der Waals surface area contributed by atoms with Crippen molar-refractivity contribution >= 4 is 43.4 Å². The minimum absolute atomic E-state index is 0.120. The zero-order chi connectivity index (χ0) is 29.0. The highest BCUT2D eigenvalue weighted by molar-refractivity contribution is 7.09. The van der Waals surface area contributed by atoms with Crippen LogP contribution >= 0.6 is 0 Å². The highest BCUT2D eigenvalue weighted by Gasteiger charge is 2.54. The molecule has 0 spiro atoms. The summed E-state index contributed by atoms with van der Waals surface area (Å²) in [6.45, 7) is 16.9. The lowest BCUT2D eigenvalue weighted by Crippen LogP contribution is -2.64. The highest BCUT2D eigenvalue weighted by Crippen LogP contribution is 2.52. The topological polar surface area (TPSA) is 13.1 Å². The van der Waals surface area contributed by atoms with Crippen molar-refractivity contribution in [1.29, 1.82) is 0 Å². The Bertz CT molecular complexity index is 1620. The zero-order valence-corrected chi connectivity index (χ0v) is 27.6. The van der Waals surface area contributed by atoms with Crippen molar-refractivity contribution < 1.29 is 4.42 Å². The molecule has 41 heavy (non-hydrogen) atoms. The molecule has 0 fully saturated rings. The van der Waals surface area contributed by atoms with Crippen LogP contribution < -0.4 is 15.6 Å². The molecule has 1 heterocycles. The number of hydrogen-bond acceptors (Lipinski definition) is 1. The molecule has 0 bridgehead atoms. The van der Waals surface area contributed by atoms with Crippen molar-refractivity contribution in [2.75, 3.05) is 0 Å². The Balaban J connectivity index is 1.74. The Morgan fingerprint density at radius 2 is 1.37 bits per heavy atom. The molecule has 0 saturated carbocycles. The Hall–Kier alpha value is -3.41. The predicted octanol–water partition coefficient (Wildman–Crippen LogP) is 8.50. The molecule has 1 aromatic heterocycles. The van der Waals surface area contributed by atoms with Gasteiger partial charge < -0.3 is 4.42 Å². The van der Waals surface area contributed by atoms with Gasteiger partial charge in [-0.3, -0.25) is 0 Å². The van der Waals surface area contributed by atoms with Crippen LogP contribution in [0.15, 0.2) is 124 Å². The van der Waals surface area contributed by atoms with Gasteiger partial charge in [0.05, 0.1) is 14.3 Å². The predicted molar refractivity (Wildman–Crippen MR) is 182 cm³/mol. The Morgan fingerprint density at radius 1 is 0.732 bits per heavy atom. The van der Waals surface area contributed by atoms with Gasteiger partial charge in [0.2, 0.25) is 0 Å². The maximum Gasteiger partial charge on any atom is 0.156 e. The van der Waals surface area contributed by atoms with Crippen molar-refractivity contribution in [2.45, 2.75) is 59.3 Å². The first-order chi connectivity index (χ1) is 19.5. The van der Waals surface area contributed by atoms with Crippen molar-refractivity contribution in [2.24, 2.45) is 5.41 Å². The van der Waals surface area contributed by atoms with Gasteiger partial charge in [-0.25, -0.2) is 0 Å². The first-order valence-electron chi connectivity index (χ1n) is 14.9. The number of allylic oxidation sites excluding steroid dienone is 5. The fourth-order valence-corrected chi connectivity index (χ4v) is 14.9. The van der Waals surface area contributed by atoms with Gasteiger partial charge in [-0.2, -0.15) is 0 Å². The quantitative estimate of drug-likeness (QED) is 0.212. The maximum atomic E-state index is 6.27. The van der Waals surface area contributed by atoms with Gasteiger partial charge >= 0.3 is 0 Å². The summed E-state index contributed by atoms with van der Waals surface area (Å²) < 4.78 is 6.27. The second kappa shape index (κ2) is 10.1. The second-order valence-electron chi connectivity index (χ2n) is 13.9. The van der Waals surface area contributed by atoms with Gasteiger partial charge in [-0.05, 0) is 58.5 Å². The van der Waals surface area contributed by atoms with Crippen LogP contribution in [0.1, 0.15) is 56.5 Å². The first-order valence-corrected chi connectivity index (χ1v) is 20.5. The van der Waals surface area contributed by atoms with Gasteiger partial charge in [0, 0.05) is 11.1 Å². The van der Waals surface area contributed by atoms with E-state index in [1.165, 1.54) is 43.4 Å². The monoisotopic (exact) mass is 570 g/mol. The maximum absolute atomic E-state index is 6.27. The average Bonchev–Trinajstić information content (AvgIpc) is 3.69. The van der Waals surface area contributed by atoms with E-state index in [4.69, 9.17) is 4.42 Å². The number of fused-ring (bicyclic) bond motifs is 1. The minimum Gasteiger partial charge on any atom is -0.465 e. The molecule has 0 aliphatic heterocycles. The molecule has 3 aromatic carbocycles. The molecule has 3 heteroatoms. The van der Waals surface area contributed by atoms with Crippen LogP contribution in [0.2, 0.25) is 19.6 Å². The van der Waals surface area contributed by atoms with Crippen LogP contribution in [0.4, 0.5) is 0 Å². The summed E-state index contributed by atoms with van der Waals surface area (Å²) in [4.78, 5) is 0. The van der Waals surface area contributed by atoms with E-state index in [-0.39, 0.29) is 11.0 Å². The molecule has 2 aliphatic carbocycles. The van der Waals surface area contributed by atoms with E-state index in [1.54, 1.807) is 5.20 Å². The van der Waals surface area contributed by atoms with Crippen LogP contribution in [0.3, 0.4) is 0 Å². The van der Waals surface area contributed by atoms with E-state index in [0.29, 0.717) is 0 Å². The lowest BCUT2D eigenvalue weighted by atomic mass is 9.86. The summed E-state index contributed by atoms with van der Waals surface area (Å²) in [5.74, 6) is 0.997. The van der Waals surface area contributed by atoms with Crippen LogP contribution in [-0.4, -0.2) is 16.1 Å². The third-order valence-electron chi connectivity index (χ3n) is 9.24. The molecule has 1 unspecified atom stereocenters. The van der Waals surface area contributed by atoms with Crippen LogP contribution in [0, 0.1) is 5.41 Å². The van der Waals surface area contributed by atoms with Crippen LogP contribution in [0.25, 0.3) is 11.6 Å². The van der Waals surface area contributed by atoms with Gasteiger partial charge in [0.1, 0.15) is 5.76 Å². The van der Waals surface area contributed by atoms with Crippen molar-refractivity contribution in [3.05, 3.63) is 137 Å². The van der Waals surface area contributed by atoms with Gasteiger partial charge in [-0.1, -0.05) is 147 Å². The number of benzene rings is 3. The molecule has 4 aromatic rings. The van der Waals surface area contributed by atoms with E-state index in [9.17, 15) is 0 Å². The molecule has 0 saturated heterocycles. The molecular weight excluding hydrogens is 529 g/mol. The van der Waals surface area contributed by atoms with Gasteiger partial charge in [0.15, 0.2) is 8.07 Å². The second-order valence-corrected chi connectivity index (χ2v) is 22.9. The average molecular weight is 571 g/mol. The van der Waals surface area contributed by atoms with E-state index < -0.39 is 16.1 Å². The summed E-state index contributed by atoms with van der Waals surface area (Å²) in [5.41, 5.74) is 7.54. The SMILES string of the molecule is CC1=C([Si](c2ccccc2)(c2ccccc2)C2C(c3ccco3)=Cc3c2cccc3[Si](C)(C)C)CC(C(C)(C)C)=C1. The number of furan rings is 1. The molecule has 1 atom stereocenters. The minimum atomic E-state index is -2.70. The number of rotatable bonds is 6. The Labute approximate surface area is 248 Å². The molecule has 0 amide bonds. The van der Waals surface area contributed by atoms with E-state index >= 15 is 0 Å². The molecular formula is C38H42OSi2. The fraction of sp³-hybridized carbons (Fsp3) is 0.263.